The quantitative estimate of drug-likeness (QED) is 0.267. The molecule has 0 unspecified atom stereocenters. The van der Waals surface area contributed by atoms with Gasteiger partial charge in [0, 0.05) is 16.8 Å². The van der Waals surface area contributed by atoms with Gasteiger partial charge in [-0.05, 0) is 99.0 Å². The molecule has 4 nitrogen and oxygen atoms in total. The molecule has 0 spiro atoms. The number of hydrogen-bond donors (Lipinski definition) is 2. The van der Waals surface area contributed by atoms with Crippen LogP contribution < -0.4 is 11.1 Å². The van der Waals surface area contributed by atoms with Crippen molar-refractivity contribution >= 4 is 62.2 Å². The summed E-state index contributed by atoms with van der Waals surface area (Å²) < 4.78 is 38.9. The zero-order valence-electron chi connectivity index (χ0n) is 18.0. The van der Waals surface area contributed by atoms with E-state index in [-0.39, 0.29) is 18.0 Å². The van der Waals surface area contributed by atoms with Crippen molar-refractivity contribution in [1.82, 2.24) is 0 Å². The molecule has 176 valence electrons. The Hall–Kier alpha value is -4.10. The van der Waals surface area contributed by atoms with Gasteiger partial charge >= 0.3 is 6.18 Å². The van der Waals surface area contributed by atoms with Gasteiger partial charge in [-0.3, -0.25) is 9.59 Å². The van der Waals surface area contributed by atoms with Crippen LogP contribution in [-0.2, 0) is 6.18 Å². The van der Waals surface area contributed by atoms with Crippen LogP contribution in [0.1, 0.15) is 26.3 Å². The van der Waals surface area contributed by atoms with Crippen molar-refractivity contribution in [3.63, 3.8) is 0 Å². The number of fused-ring (bicyclic) bond motifs is 3. The van der Waals surface area contributed by atoms with Crippen LogP contribution in [0.5, 0.6) is 0 Å². The third-order valence-corrected chi connectivity index (χ3v) is 5.75. The number of carbonyl (C=O) groups excluding carboxylic acids is 2. The molecule has 0 bridgehead atoms. The fourth-order valence-electron chi connectivity index (χ4n) is 4.02. The van der Waals surface area contributed by atoms with E-state index in [0.717, 1.165) is 44.5 Å². The molecule has 0 heterocycles. The highest BCUT2D eigenvalue weighted by Crippen LogP contribution is 2.31. The first-order valence-electron chi connectivity index (χ1n) is 10.4. The third kappa shape index (κ3) is 4.76. The fraction of sp³-hybridized carbons (Fsp3) is 0.0370. The molecule has 5 rings (SSSR count). The highest BCUT2D eigenvalue weighted by molar-refractivity contribution is 6.08. The monoisotopic (exact) mass is 494 g/mol. The van der Waals surface area contributed by atoms with Crippen molar-refractivity contribution in [1.29, 1.82) is 0 Å². The van der Waals surface area contributed by atoms with Crippen molar-refractivity contribution in [3.05, 3.63) is 102 Å². The van der Waals surface area contributed by atoms with Crippen LogP contribution in [0.25, 0.3) is 32.3 Å². The molecule has 0 aliphatic carbocycles. The molecular formula is C27H18ClF3N2O2. The van der Waals surface area contributed by atoms with Gasteiger partial charge in [0.1, 0.15) is 0 Å². The maximum Gasteiger partial charge on any atom is 0.416 e. The number of anilines is 1. The minimum Gasteiger partial charge on any atom is -0.366 e. The summed E-state index contributed by atoms with van der Waals surface area (Å²) in [6.07, 6.45) is -4.53. The maximum absolute atomic E-state index is 13.0. The highest BCUT2D eigenvalue weighted by atomic mass is 35.5. The van der Waals surface area contributed by atoms with Gasteiger partial charge < -0.3 is 11.1 Å². The Balaban J connectivity index is 0.00000289. The molecule has 5 aromatic carbocycles. The normalized spacial score (nSPS) is 11.4. The Morgan fingerprint density at radius 3 is 1.86 bits per heavy atom. The number of nitrogens with one attached hydrogen (secondary N) is 1. The van der Waals surface area contributed by atoms with Crippen molar-refractivity contribution in [2.75, 3.05) is 5.32 Å². The van der Waals surface area contributed by atoms with Crippen molar-refractivity contribution in [2.45, 2.75) is 6.18 Å². The van der Waals surface area contributed by atoms with Gasteiger partial charge in [0.05, 0.1) is 5.56 Å². The van der Waals surface area contributed by atoms with E-state index in [4.69, 9.17) is 5.73 Å². The first kappa shape index (κ1) is 24.0. The smallest absolute Gasteiger partial charge is 0.366 e. The molecule has 0 aromatic heterocycles. The van der Waals surface area contributed by atoms with Crippen LogP contribution in [0.4, 0.5) is 18.9 Å². The molecule has 0 saturated carbocycles. The number of amides is 2. The molecule has 0 atom stereocenters. The van der Waals surface area contributed by atoms with Crippen LogP contribution in [0.3, 0.4) is 0 Å². The summed E-state index contributed by atoms with van der Waals surface area (Å²) in [6, 6.07) is 22.9. The predicted molar refractivity (Wildman–Crippen MR) is 134 cm³/mol. The summed E-state index contributed by atoms with van der Waals surface area (Å²) in [4.78, 5) is 24.1. The second-order valence-electron chi connectivity index (χ2n) is 8.07. The molecule has 0 aliphatic rings. The van der Waals surface area contributed by atoms with E-state index < -0.39 is 23.6 Å². The Bertz CT molecular complexity index is 1630. The van der Waals surface area contributed by atoms with E-state index in [1.807, 2.05) is 36.4 Å². The lowest BCUT2D eigenvalue weighted by atomic mass is 9.98. The lowest BCUT2D eigenvalue weighted by molar-refractivity contribution is -0.137. The third-order valence-electron chi connectivity index (χ3n) is 5.75. The summed E-state index contributed by atoms with van der Waals surface area (Å²) in [5.74, 6) is -1.13. The number of rotatable bonds is 3. The Morgan fingerprint density at radius 2 is 1.23 bits per heavy atom. The molecule has 35 heavy (non-hydrogen) atoms. The number of halogens is 4. The van der Waals surface area contributed by atoms with Crippen LogP contribution in [0.2, 0.25) is 0 Å². The number of hydrogen-bond acceptors (Lipinski definition) is 2. The molecule has 0 fully saturated rings. The van der Waals surface area contributed by atoms with Crippen molar-refractivity contribution < 1.29 is 22.8 Å². The second-order valence-corrected chi connectivity index (χ2v) is 8.07. The second kappa shape index (κ2) is 8.92. The average Bonchev–Trinajstić information content (AvgIpc) is 2.80. The van der Waals surface area contributed by atoms with Crippen LogP contribution in [0, 0.1) is 0 Å². The SMILES string of the molecule is Cl.NC(=O)c1ccc2cc3cc4ccc(NC(=O)c5cccc(C(F)(F)F)c5)cc4cc3cc2c1. The number of alkyl halides is 3. The molecule has 0 aliphatic heterocycles. The van der Waals surface area contributed by atoms with E-state index in [9.17, 15) is 22.8 Å². The molecule has 2 amide bonds. The number of carbonyl (C=O) groups is 2. The van der Waals surface area contributed by atoms with E-state index in [1.165, 1.54) is 12.1 Å². The fourth-order valence-corrected chi connectivity index (χ4v) is 4.02. The van der Waals surface area contributed by atoms with Gasteiger partial charge in [0.15, 0.2) is 0 Å². The van der Waals surface area contributed by atoms with Gasteiger partial charge in [0.2, 0.25) is 5.91 Å². The Labute approximate surface area is 203 Å². The summed E-state index contributed by atoms with van der Waals surface area (Å²) >= 11 is 0. The lowest BCUT2D eigenvalue weighted by Crippen LogP contribution is -2.13. The van der Waals surface area contributed by atoms with E-state index in [1.54, 1.807) is 24.3 Å². The predicted octanol–water partition coefficient (Wildman–Crippen LogP) is 6.94. The van der Waals surface area contributed by atoms with Crippen molar-refractivity contribution in [2.24, 2.45) is 5.73 Å². The van der Waals surface area contributed by atoms with Gasteiger partial charge in [-0.15, -0.1) is 12.4 Å². The molecule has 3 N–H and O–H groups in total. The zero-order valence-corrected chi connectivity index (χ0v) is 18.8. The van der Waals surface area contributed by atoms with Crippen molar-refractivity contribution in [3.8, 4) is 0 Å². The lowest BCUT2D eigenvalue weighted by Gasteiger charge is -2.11. The summed E-state index contributed by atoms with van der Waals surface area (Å²) in [5, 5.41) is 8.24. The Kier molecular flexibility index (Phi) is 6.13. The van der Waals surface area contributed by atoms with Gasteiger partial charge in [-0.25, -0.2) is 0 Å². The number of primary amides is 1. The summed E-state index contributed by atoms with van der Waals surface area (Å²) in [7, 11) is 0. The zero-order chi connectivity index (χ0) is 24.0. The van der Waals surface area contributed by atoms with E-state index >= 15 is 0 Å². The molecule has 0 saturated heterocycles. The highest BCUT2D eigenvalue weighted by Gasteiger charge is 2.30. The number of benzene rings is 5. The molecular weight excluding hydrogens is 477 g/mol. The number of nitrogens with two attached hydrogens (primary N) is 1. The minimum absolute atomic E-state index is 0. The average molecular weight is 495 g/mol. The van der Waals surface area contributed by atoms with Gasteiger partial charge in [0.25, 0.3) is 5.91 Å². The van der Waals surface area contributed by atoms with Gasteiger partial charge in [-0.1, -0.05) is 18.2 Å². The van der Waals surface area contributed by atoms with E-state index in [2.05, 4.69) is 5.32 Å². The largest absolute Gasteiger partial charge is 0.416 e. The molecule has 5 aromatic rings. The van der Waals surface area contributed by atoms with Crippen LogP contribution in [0.15, 0.2) is 84.9 Å². The summed E-state index contributed by atoms with van der Waals surface area (Å²) in [6.45, 7) is 0. The topological polar surface area (TPSA) is 72.2 Å². The van der Waals surface area contributed by atoms with E-state index in [0.29, 0.717) is 11.3 Å². The standard InChI is InChI=1S/C27H17F3N2O2.ClH/c28-27(29,30)23-3-1-2-18(13-23)26(34)32-24-7-6-16-9-20-8-15-4-5-17(25(31)33)10-19(15)11-21(20)12-22(16)14-24;/h1-14H,(H2,31,33)(H,32,34);1H. The summed E-state index contributed by atoms with van der Waals surface area (Å²) in [5.41, 5.74) is 5.32. The maximum atomic E-state index is 13.0. The first-order chi connectivity index (χ1) is 16.2. The molecule has 0 radical (unpaired) electrons. The van der Waals surface area contributed by atoms with Gasteiger partial charge in [-0.2, -0.15) is 13.2 Å². The molecule has 8 heteroatoms. The first-order valence-corrected chi connectivity index (χ1v) is 10.4. The van der Waals surface area contributed by atoms with Crippen LogP contribution >= 0.6 is 12.4 Å². The minimum atomic E-state index is -4.53. The van der Waals surface area contributed by atoms with Crippen LogP contribution in [-0.4, -0.2) is 11.8 Å². The Morgan fingerprint density at radius 1 is 0.657 bits per heavy atom.